The highest BCUT2D eigenvalue weighted by Gasteiger charge is 2.09. The van der Waals surface area contributed by atoms with E-state index in [2.05, 4.69) is 4.98 Å². The lowest BCUT2D eigenvalue weighted by atomic mass is 10.3. The van der Waals surface area contributed by atoms with Crippen molar-refractivity contribution in [1.82, 2.24) is 4.98 Å². The number of pyridine rings is 1. The molecule has 0 saturated heterocycles. The van der Waals surface area contributed by atoms with E-state index in [0.29, 0.717) is 30.0 Å². The molecule has 0 amide bonds. The van der Waals surface area contributed by atoms with Gasteiger partial charge in [-0.2, -0.15) is 0 Å². The second-order valence-electron chi connectivity index (χ2n) is 3.35. The average Bonchev–Trinajstić information content (AvgIpc) is 2.29. The molecule has 0 aliphatic rings. The van der Waals surface area contributed by atoms with Gasteiger partial charge in [0, 0.05) is 18.7 Å². The van der Waals surface area contributed by atoms with Crippen LogP contribution in [0.5, 0.6) is 5.88 Å². The normalized spacial score (nSPS) is 12.5. The van der Waals surface area contributed by atoms with Crippen LogP contribution in [0.4, 0.5) is 0 Å². The van der Waals surface area contributed by atoms with Crippen LogP contribution in [0.1, 0.15) is 19.4 Å². The van der Waals surface area contributed by atoms with E-state index in [-0.39, 0.29) is 6.10 Å². The van der Waals surface area contributed by atoms with Gasteiger partial charge in [0.15, 0.2) is 0 Å². The maximum atomic E-state index is 6.00. The smallest absolute Gasteiger partial charge is 0.232 e. The van der Waals surface area contributed by atoms with Crippen LogP contribution in [0.25, 0.3) is 0 Å². The Balaban J connectivity index is 2.59. The van der Waals surface area contributed by atoms with Crippen molar-refractivity contribution in [2.24, 2.45) is 0 Å². The Kier molecular flexibility index (Phi) is 5.88. The van der Waals surface area contributed by atoms with Crippen LogP contribution in [-0.4, -0.2) is 24.3 Å². The van der Waals surface area contributed by atoms with Gasteiger partial charge < -0.3 is 9.47 Å². The maximum absolute atomic E-state index is 6.00. The number of hydrogen-bond donors (Lipinski definition) is 0. The molecular formula is C11H15Cl2NO2. The van der Waals surface area contributed by atoms with Crippen LogP contribution in [-0.2, 0) is 10.6 Å². The van der Waals surface area contributed by atoms with Crippen molar-refractivity contribution < 1.29 is 9.47 Å². The fraction of sp³-hybridized carbons (Fsp3) is 0.545. The Bertz CT molecular complexity index is 334. The van der Waals surface area contributed by atoms with Crippen molar-refractivity contribution in [2.45, 2.75) is 25.8 Å². The molecule has 0 spiro atoms. The van der Waals surface area contributed by atoms with Gasteiger partial charge in [0.1, 0.15) is 11.1 Å². The molecule has 0 aliphatic carbocycles. The second-order valence-corrected chi connectivity index (χ2v) is 4.03. The lowest BCUT2D eigenvalue weighted by Crippen LogP contribution is -2.19. The molecule has 0 aliphatic heterocycles. The highest BCUT2D eigenvalue weighted by atomic mass is 35.5. The lowest BCUT2D eigenvalue weighted by molar-refractivity contribution is 0.0634. The zero-order chi connectivity index (χ0) is 12.0. The third-order valence-electron chi connectivity index (χ3n) is 1.89. The van der Waals surface area contributed by atoms with Crippen LogP contribution in [0.2, 0.25) is 5.02 Å². The molecule has 0 aromatic carbocycles. The molecule has 0 bridgehead atoms. The summed E-state index contributed by atoms with van der Waals surface area (Å²) in [6.07, 6.45) is 1.58. The fourth-order valence-corrected chi connectivity index (χ4v) is 1.51. The minimum absolute atomic E-state index is 0.0770. The molecule has 1 unspecified atom stereocenters. The van der Waals surface area contributed by atoms with Crippen molar-refractivity contribution in [2.75, 3.05) is 13.2 Å². The third kappa shape index (κ3) is 4.16. The Morgan fingerprint density at radius 3 is 2.81 bits per heavy atom. The topological polar surface area (TPSA) is 31.4 Å². The van der Waals surface area contributed by atoms with Gasteiger partial charge in [0.2, 0.25) is 5.88 Å². The number of hydrogen-bond acceptors (Lipinski definition) is 3. The molecule has 0 fully saturated rings. The SMILES string of the molecule is CCOCC(C)Oc1ncc(CCl)cc1Cl. The molecule has 1 rings (SSSR count). The van der Waals surface area contributed by atoms with Crippen LogP contribution in [0, 0.1) is 0 Å². The monoisotopic (exact) mass is 263 g/mol. The van der Waals surface area contributed by atoms with E-state index in [1.807, 2.05) is 13.8 Å². The van der Waals surface area contributed by atoms with Crippen molar-refractivity contribution in [3.8, 4) is 5.88 Å². The van der Waals surface area contributed by atoms with Gasteiger partial charge in [0.25, 0.3) is 0 Å². The molecule has 0 N–H and O–H groups in total. The summed E-state index contributed by atoms with van der Waals surface area (Å²) in [6, 6.07) is 1.75. The van der Waals surface area contributed by atoms with Crippen LogP contribution in [0.3, 0.4) is 0 Å². The van der Waals surface area contributed by atoms with E-state index in [0.717, 1.165) is 5.56 Å². The molecule has 1 atom stereocenters. The molecule has 1 aromatic heterocycles. The summed E-state index contributed by atoms with van der Waals surface area (Å²) in [7, 11) is 0. The second kappa shape index (κ2) is 6.94. The van der Waals surface area contributed by atoms with Crippen molar-refractivity contribution >= 4 is 23.2 Å². The largest absolute Gasteiger partial charge is 0.471 e. The zero-order valence-electron chi connectivity index (χ0n) is 9.37. The molecule has 3 nitrogen and oxygen atoms in total. The molecule has 1 heterocycles. The fourth-order valence-electron chi connectivity index (χ4n) is 1.13. The van der Waals surface area contributed by atoms with E-state index in [1.54, 1.807) is 12.3 Å². The third-order valence-corrected chi connectivity index (χ3v) is 2.47. The summed E-state index contributed by atoms with van der Waals surface area (Å²) in [5.74, 6) is 0.810. The quantitative estimate of drug-likeness (QED) is 0.739. The van der Waals surface area contributed by atoms with Gasteiger partial charge in [-0.1, -0.05) is 11.6 Å². The maximum Gasteiger partial charge on any atom is 0.232 e. The number of nitrogens with zero attached hydrogens (tertiary/aromatic N) is 1. The van der Waals surface area contributed by atoms with Crippen molar-refractivity contribution in [3.63, 3.8) is 0 Å². The van der Waals surface area contributed by atoms with Crippen molar-refractivity contribution in [1.29, 1.82) is 0 Å². The number of alkyl halides is 1. The number of halogens is 2. The number of rotatable bonds is 6. The molecule has 16 heavy (non-hydrogen) atoms. The first kappa shape index (κ1) is 13.6. The summed E-state index contributed by atoms with van der Waals surface area (Å²) in [4.78, 5) is 4.10. The van der Waals surface area contributed by atoms with E-state index in [1.165, 1.54) is 0 Å². The first-order chi connectivity index (χ1) is 7.67. The first-order valence-electron chi connectivity index (χ1n) is 5.12. The van der Waals surface area contributed by atoms with Gasteiger partial charge in [-0.3, -0.25) is 0 Å². The molecule has 0 saturated carbocycles. The summed E-state index contributed by atoms with van der Waals surface area (Å²) >= 11 is 11.7. The van der Waals surface area contributed by atoms with E-state index in [9.17, 15) is 0 Å². The van der Waals surface area contributed by atoms with E-state index >= 15 is 0 Å². The predicted molar refractivity (Wildman–Crippen MR) is 65.4 cm³/mol. The average molecular weight is 264 g/mol. The van der Waals surface area contributed by atoms with Gasteiger partial charge >= 0.3 is 0 Å². The van der Waals surface area contributed by atoms with Crippen LogP contribution in [0.15, 0.2) is 12.3 Å². The van der Waals surface area contributed by atoms with E-state index in [4.69, 9.17) is 32.7 Å². The first-order valence-corrected chi connectivity index (χ1v) is 6.03. The van der Waals surface area contributed by atoms with Gasteiger partial charge in [-0.05, 0) is 25.5 Å². The van der Waals surface area contributed by atoms with Gasteiger partial charge in [-0.25, -0.2) is 4.98 Å². The molecule has 1 aromatic rings. The Hall–Kier alpha value is -0.510. The standard InChI is InChI=1S/C11H15Cl2NO2/c1-3-15-7-8(2)16-11-10(13)4-9(5-12)6-14-11/h4,6,8H,3,5,7H2,1-2H3. The summed E-state index contributed by atoms with van der Waals surface area (Å²) in [5.41, 5.74) is 0.872. The Morgan fingerprint density at radius 1 is 1.50 bits per heavy atom. The minimum atomic E-state index is -0.0770. The highest BCUT2D eigenvalue weighted by Crippen LogP contribution is 2.24. The Labute approximate surface area is 106 Å². The summed E-state index contributed by atoms with van der Waals surface area (Å²) in [5, 5.41) is 0.474. The summed E-state index contributed by atoms with van der Waals surface area (Å²) < 4.78 is 10.8. The molecule has 0 radical (unpaired) electrons. The van der Waals surface area contributed by atoms with Crippen LogP contribution >= 0.6 is 23.2 Å². The molecular weight excluding hydrogens is 249 g/mol. The molecule has 5 heteroatoms. The predicted octanol–water partition coefficient (Wildman–Crippen LogP) is 3.28. The number of aromatic nitrogens is 1. The van der Waals surface area contributed by atoms with Gasteiger partial charge in [0.05, 0.1) is 6.61 Å². The van der Waals surface area contributed by atoms with Crippen molar-refractivity contribution in [3.05, 3.63) is 22.8 Å². The molecule has 90 valence electrons. The zero-order valence-corrected chi connectivity index (χ0v) is 10.9. The summed E-state index contributed by atoms with van der Waals surface area (Å²) in [6.45, 7) is 5.03. The minimum Gasteiger partial charge on any atom is -0.471 e. The highest BCUT2D eigenvalue weighted by molar-refractivity contribution is 6.32. The van der Waals surface area contributed by atoms with Gasteiger partial charge in [-0.15, -0.1) is 11.6 Å². The Morgan fingerprint density at radius 2 is 2.25 bits per heavy atom. The van der Waals surface area contributed by atoms with E-state index < -0.39 is 0 Å². The lowest BCUT2D eigenvalue weighted by Gasteiger charge is -2.14. The number of ether oxygens (including phenoxy) is 2. The van der Waals surface area contributed by atoms with Crippen LogP contribution < -0.4 is 4.74 Å².